The van der Waals surface area contributed by atoms with Crippen molar-refractivity contribution in [3.63, 3.8) is 0 Å². The highest BCUT2D eigenvalue weighted by Crippen LogP contribution is 2.36. The molecule has 9 nitrogen and oxygen atoms in total. The van der Waals surface area contributed by atoms with Gasteiger partial charge in [-0.3, -0.25) is 0 Å². The average Bonchev–Trinajstić information content (AvgIpc) is 3.22. The third kappa shape index (κ3) is 4.12. The number of urea groups is 1. The Morgan fingerprint density at radius 3 is 2.67 bits per heavy atom. The Labute approximate surface area is 172 Å². The molecule has 0 bridgehead atoms. The number of anilines is 2. The zero-order chi connectivity index (χ0) is 20.9. The van der Waals surface area contributed by atoms with E-state index in [0.29, 0.717) is 52.9 Å². The van der Waals surface area contributed by atoms with Gasteiger partial charge in [0.2, 0.25) is 6.79 Å². The van der Waals surface area contributed by atoms with Crippen LogP contribution >= 0.6 is 0 Å². The van der Waals surface area contributed by atoms with Crippen LogP contribution in [0.2, 0.25) is 0 Å². The molecule has 1 aliphatic rings. The highest BCUT2D eigenvalue weighted by molar-refractivity contribution is 5.89. The molecule has 0 radical (unpaired) electrons. The molecule has 4 rings (SSSR count). The molecule has 2 amide bonds. The first-order chi connectivity index (χ1) is 14.7. The molecule has 2 aromatic carbocycles. The van der Waals surface area contributed by atoms with E-state index < -0.39 is 0 Å². The number of fused-ring (bicyclic) bond motifs is 2. The predicted octanol–water partition coefficient (Wildman–Crippen LogP) is 3.08. The lowest BCUT2D eigenvalue weighted by atomic mass is 10.1. The van der Waals surface area contributed by atoms with Crippen LogP contribution in [0.3, 0.4) is 0 Å². The van der Waals surface area contributed by atoms with Crippen molar-refractivity contribution < 1.29 is 19.0 Å². The Kier molecular flexibility index (Phi) is 5.39. The van der Waals surface area contributed by atoms with Crippen LogP contribution in [0.1, 0.15) is 5.56 Å². The molecule has 152 valence electrons. The Morgan fingerprint density at radius 2 is 1.93 bits per heavy atom. The first-order valence-corrected chi connectivity index (χ1v) is 9.23. The van der Waals surface area contributed by atoms with E-state index in [2.05, 4.69) is 27.0 Å². The molecule has 2 heterocycles. The summed E-state index contributed by atoms with van der Waals surface area (Å²) in [6.07, 6.45) is 0. The molecule has 0 fully saturated rings. The Morgan fingerprint density at radius 1 is 1.17 bits per heavy atom. The van der Waals surface area contributed by atoms with E-state index >= 15 is 0 Å². The zero-order valence-electron chi connectivity index (χ0n) is 16.2. The van der Waals surface area contributed by atoms with E-state index in [9.17, 15) is 10.1 Å². The first kappa shape index (κ1) is 19.1. The molecular weight excluding hydrogens is 386 g/mol. The minimum absolute atomic E-state index is 0.173. The van der Waals surface area contributed by atoms with Crippen LogP contribution in [0, 0.1) is 11.3 Å². The van der Waals surface area contributed by atoms with E-state index in [4.69, 9.17) is 14.2 Å². The smallest absolute Gasteiger partial charge is 0.319 e. The molecule has 0 unspecified atom stereocenters. The highest BCUT2D eigenvalue weighted by atomic mass is 16.7. The molecule has 30 heavy (non-hydrogen) atoms. The molecule has 0 spiro atoms. The zero-order valence-corrected chi connectivity index (χ0v) is 16.2. The van der Waals surface area contributed by atoms with Crippen molar-refractivity contribution in [1.29, 1.82) is 5.26 Å². The van der Waals surface area contributed by atoms with Crippen molar-refractivity contribution in [2.75, 3.05) is 37.6 Å². The van der Waals surface area contributed by atoms with E-state index in [1.165, 1.54) is 0 Å². The molecule has 0 saturated heterocycles. The monoisotopic (exact) mass is 405 g/mol. The molecule has 1 aliphatic heterocycles. The molecule has 3 aromatic rings. The number of ether oxygens (including phenoxy) is 3. The number of hydrogen-bond donors (Lipinski definition) is 3. The number of carbonyl (C=O) groups is 1. The fourth-order valence-corrected chi connectivity index (χ4v) is 2.99. The molecule has 9 heteroatoms. The fourth-order valence-electron chi connectivity index (χ4n) is 2.99. The molecule has 0 saturated carbocycles. The van der Waals surface area contributed by atoms with Gasteiger partial charge in [0.25, 0.3) is 0 Å². The number of pyridine rings is 1. The summed E-state index contributed by atoms with van der Waals surface area (Å²) in [6, 6.07) is 14.2. The summed E-state index contributed by atoms with van der Waals surface area (Å²) in [5.74, 6) is 2.43. The third-order valence-corrected chi connectivity index (χ3v) is 4.48. The second-order valence-electron chi connectivity index (χ2n) is 6.43. The number of nitrogens with one attached hydrogen (secondary N) is 3. The maximum atomic E-state index is 12.0. The lowest BCUT2D eigenvalue weighted by molar-refractivity contribution is 0.174. The van der Waals surface area contributed by atoms with Gasteiger partial charge < -0.3 is 30.2 Å². The number of amides is 2. The summed E-state index contributed by atoms with van der Waals surface area (Å²) in [5, 5.41) is 18.8. The van der Waals surface area contributed by atoms with Crippen molar-refractivity contribution in [3.8, 4) is 23.3 Å². The van der Waals surface area contributed by atoms with Crippen LogP contribution in [0.25, 0.3) is 10.9 Å². The number of nitriles is 1. The lowest BCUT2D eigenvalue weighted by Crippen LogP contribution is -2.32. The summed E-state index contributed by atoms with van der Waals surface area (Å²) in [5.41, 5.74) is 1.75. The van der Waals surface area contributed by atoms with Gasteiger partial charge in [-0.05, 0) is 36.4 Å². The SMILES string of the molecule is COc1ccc(NC(=O)NCCNc2nc3cc4c(cc3cc2C#N)OCO4)cc1. The van der Waals surface area contributed by atoms with Crippen LogP contribution < -0.4 is 30.2 Å². The highest BCUT2D eigenvalue weighted by Gasteiger charge is 2.16. The normalized spacial score (nSPS) is 11.6. The second kappa shape index (κ2) is 8.45. The van der Waals surface area contributed by atoms with Crippen molar-refractivity contribution in [3.05, 3.63) is 48.0 Å². The van der Waals surface area contributed by atoms with Gasteiger partial charge >= 0.3 is 6.03 Å². The number of nitrogens with zero attached hydrogens (tertiary/aromatic N) is 2. The summed E-state index contributed by atoms with van der Waals surface area (Å²) in [4.78, 5) is 16.5. The molecule has 1 aromatic heterocycles. The summed E-state index contributed by atoms with van der Waals surface area (Å²) in [6.45, 7) is 0.910. The number of hydrogen-bond acceptors (Lipinski definition) is 7. The molecule has 0 aliphatic carbocycles. The minimum Gasteiger partial charge on any atom is -0.497 e. The van der Waals surface area contributed by atoms with Gasteiger partial charge in [0.15, 0.2) is 11.5 Å². The summed E-state index contributed by atoms with van der Waals surface area (Å²) >= 11 is 0. The van der Waals surface area contributed by atoms with Gasteiger partial charge in [-0.1, -0.05) is 0 Å². The van der Waals surface area contributed by atoms with E-state index in [-0.39, 0.29) is 12.8 Å². The standard InChI is InChI=1S/C21H19N5O4/c1-28-16-4-2-15(3-5-16)25-21(27)24-7-6-23-20-14(11-22)8-13-9-18-19(30-12-29-18)10-17(13)26-20/h2-5,8-10H,6-7,12H2,1H3,(H,23,26)(H2,24,25,27). The van der Waals surface area contributed by atoms with Crippen LogP contribution in [-0.4, -0.2) is 38.0 Å². The van der Waals surface area contributed by atoms with Gasteiger partial charge in [0, 0.05) is 30.2 Å². The molecular formula is C21H19N5O4. The van der Waals surface area contributed by atoms with E-state index in [0.717, 1.165) is 5.39 Å². The number of aromatic nitrogens is 1. The van der Waals surface area contributed by atoms with Gasteiger partial charge in [-0.2, -0.15) is 5.26 Å². The number of benzene rings is 2. The molecule has 3 N–H and O–H groups in total. The summed E-state index contributed by atoms with van der Waals surface area (Å²) in [7, 11) is 1.58. The Balaban J connectivity index is 1.34. The van der Waals surface area contributed by atoms with Crippen molar-refractivity contribution >= 4 is 28.4 Å². The van der Waals surface area contributed by atoms with E-state index in [1.807, 2.05) is 0 Å². The van der Waals surface area contributed by atoms with Gasteiger partial charge in [0.05, 0.1) is 18.2 Å². The number of carbonyl (C=O) groups excluding carboxylic acids is 1. The second-order valence-corrected chi connectivity index (χ2v) is 6.43. The topological polar surface area (TPSA) is 118 Å². The van der Waals surface area contributed by atoms with Crippen LogP contribution in [0.4, 0.5) is 16.3 Å². The van der Waals surface area contributed by atoms with Crippen molar-refractivity contribution in [1.82, 2.24) is 10.3 Å². The minimum atomic E-state index is -0.332. The maximum Gasteiger partial charge on any atom is 0.319 e. The first-order valence-electron chi connectivity index (χ1n) is 9.23. The van der Waals surface area contributed by atoms with Gasteiger partial charge in [-0.25, -0.2) is 9.78 Å². The fraction of sp³-hybridized carbons (Fsp3) is 0.190. The maximum absolute atomic E-state index is 12.0. The predicted molar refractivity (Wildman–Crippen MR) is 111 cm³/mol. The average molecular weight is 405 g/mol. The summed E-state index contributed by atoms with van der Waals surface area (Å²) < 4.78 is 15.8. The van der Waals surface area contributed by atoms with Crippen LogP contribution in [-0.2, 0) is 0 Å². The van der Waals surface area contributed by atoms with Crippen molar-refractivity contribution in [2.45, 2.75) is 0 Å². The third-order valence-electron chi connectivity index (χ3n) is 4.48. The molecule has 0 atom stereocenters. The number of methoxy groups -OCH3 is 1. The Bertz CT molecular complexity index is 1120. The van der Waals surface area contributed by atoms with Crippen molar-refractivity contribution in [2.24, 2.45) is 0 Å². The Hall–Kier alpha value is -4.19. The van der Waals surface area contributed by atoms with Crippen LogP contribution in [0.5, 0.6) is 17.2 Å². The van der Waals surface area contributed by atoms with Gasteiger partial charge in [-0.15, -0.1) is 0 Å². The largest absolute Gasteiger partial charge is 0.497 e. The number of rotatable bonds is 6. The quantitative estimate of drug-likeness (QED) is 0.540. The van der Waals surface area contributed by atoms with E-state index in [1.54, 1.807) is 49.6 Å². The lowest BCUT2D eigenvalue weighted by Gasteiger charge is -2.11. The van der Waals surface area contributed by atoms with Crippen LogP contribution in [0.15, 0.2) is 42.5 Å². The van der Waals surface area contributed by atoms with Gasteiger partial charge in [0.1, 0.15) is 17.6 Å².